The van der Waals surface area contributed by atoms with Crippen molar-refractivity contribution in [2.45, 2.75) is 19.3 Å². The lowest BCUT2D eigenvalue weighted by Crippen LogP contribution is -2.26. The van der Waals surface area contributed by atoms with E-state index in [1.165, 1.54) is 0 Å². The van der Waals surface area contributed by atoms with E-state index < -0.39 is 0 Å². The van der Waals surface area contributed by atoms with E-state index in [2.05, 4.69) is 11.2 Å². The summed E-state index contributed by atoms with van der Waals surface area (Å²) in [5.74, 6) is 2.35. The summed E-state index contributed by atoms with van der Waals surface area (Å²) in [5.41, 5.74) is 0. The lowest BCUT2D eigenvalue weighted by atomic mass is 9.76. The number of carbonyl (C=O) groups is 2. The van der Waals surface area contributed by atoms with Crippen LogP contribution in [0.2, 0.25) is 0 Å². The summed E-state index contributed by atoms with van der Waals surface area (Å²) in [6, 6.07) is 0. The molecule has 2 aliphatic rings. The molecule has 1 aliphatic carbocycles. The van der Waals surface area contributed by atoms with Crippen molar-refractivity contribution in [1.82, 2.24) is 5.32 Å². The van der Waals surface area contributed by atoms with E-state index >= 15 is 0 Å². The topological polar surface area (TPSA) is 46.2 Å². The van der Waals surface area contributed by atoms with Gasteiger partial charge in [-0.25, -0.2) is 0 Å². The Morgan fingerprint density at radius 2 is 1.92 bits per heavy atom. The molecule has 2 rings (SSSR count). The van der Waals surface area contributed by atoms with E-state index in [9.17, 15) is 9.59 Å². The van der Waals surface area contributed by atoms with E-state index in [1.54, 1.807) is 0 Å². The SMILES string of the molecule is C#CC1CCC2C(=O)NC(=O)C2C1. The molecule has 1 heterocycles. The maximum absolute atomic E-state index is 11.3. The second-order valence-corrected chi connectivity index (χ2v) is 3.74. The third-order valence-corrected chi connectivity index (χ3v) is 3.01. The lowest BCUT2D eigenvalue weighted by Gasteiger charge is -2.25. The first-order chi connectivity index (χ1) is 6.22. The van der Waals surface area contributed by atoms with Crippen LogP contribution in [0.1, 0.15) is 19.3 Å². The van der Waals surface area contributed by atoms with Gasteiger partial charge in [0.25, 0.3) is 0 Å². The predicted molar refractivity (Wildman–Crippen MR) is 46.3 cm³/mol. The maximum Gasteiger partial charge on any atom is 0.230 e. The molecule has 3 atom stereocenters. The van der Waals surface area contributed by atoms with E-state index in [4.69, 9.17) is 6.42 Å². The largest absolute Gasteiger partial charge is 0.296 e. The van der Waals surface area contributed by atoms with Gasteiger partial charge in [0.1, 0.15) is 0 Å². The summed E-state index contributed by atoms with van der Waals surface area (Å²) in [6.07, 6.45) is 7.61. The first-order valence-corrected chi connectivity index (χ1v) is 4.53. The molecule has 1 aliphatic heterocycles. The molecule has 1 saturated heterocycles. The normalized spacial score (nSPS) is 37.9. The molecule has 3 nitrogen and oxygen atoms in total. The third kappa shape index (κ3) is 1.23. The van der Waals surface area contributed by atoms with Gasteiger partial charge in [0, 0.05) is 5.92 Å². The molecule has 2 fully saturated rings. The maximum atomic E-state index is 11.3. The Morgan fingerprint density at radius 3 is 2.62 bits per heavy atom. The zero-order valence-corrected chi connectivity index (χ0v) is 7.25. The molecule has 68 valence electrons. The highest BCUT2D eigenvalue weighted by Crippen LogP contribution is 2.36. The number of rotatable bonds is 0. The van der Waals surface area contributed by atoms with Crippen molar-refractivity contribution in [1.29, 1.82) is 0 Å². The number of nitrogens with one attached hydrogen (secondary N) is 1. The molecule has 0 aromatic rings. The van der Waals surface area contributed by atoms with E-state index in [1.807, 2.05) is 0 Å². The van der Waals surface area contributed by atoms with Gasteiger partial charge in [-0.2, -0.15) is 0 Å². The quantitative estimate of drug-likeness (QED) is 0.427. The molecule has 3 heteroatoms. The van der Waals surface area contributed by atoms with Crippen LogP contribution in [-0.4, -0.2) is 11.8 Å². The molecule has 3 unspecified atom stereocenters. The average molecular weight is 177 g/mol. The monoisotopic (exact) mass is 177 g/mol. The van der Waals surface area contributed by atoms with Gasteiger partial charge in [0.2, 0.25) is 11.8 Å². The zero-order valence-electron chi connectivity index (χ0n) is 7.25. The summed E-state index contributed by atoms with van der Waals surface area (Å²) in [5, 5.41) is 2.36. The number of hydrogen-bond acceptors (Lipinski definition) is 2. The van der Waals surface area contributed by atoms with Crippen LogP contribution in [0.5, 0.6) is 0 Å². The molecule has 0 aromatic heterocycles. The average Bonchev–Trinajstić information content (AvgIpc) is 2.42. The van der Waals surface area contributed by atoms with Gasteiger partial charge in [0.15, 0.2) is 0 Å². The minimum Gasteiger partial charge on any atom is -0.296 e. The van der Waals surface area contributed by atoms with Gasteiger partial charge in [0.05, 0.1) is 11.8 Å². The number of imide groups is 1. The highest BCUT2D eigenvalue weighted by atomic mass is 16.2. The van der Waals surface area contributed by atoms with Crippen molar-refractivity contribution in [3.63, 3.8) is 0 Å². The van der Waals surface area contributed by atoms with Gasteiger partial charge < -0.3 is 0 Å². The Bertz CT molecular complexity index is 303. The van der Waals surface area contributed by atoms with Crippen molar-refractivity contribution < 1.29 is 9.59 Å². The van der Waals surface area contributed by atoms with Crippen LogP contribution in [0.15, 0.2) is 0 Å². The summed E-state index contributed by atoms with van der Waals surface area (Å²) in [4.78, 5) is 22.5. The van der Waals surface area contributed by atoms with E-state index in [0.29, 0.717) is 6.42 Å². The molecule has 0 spiro atoms. The molecule has 2 amide bonds. The fourth-order valence-electron chi connectivity index (χ4n) is 2.23. The molecular weight excluding hydrogens is 166 g/mol. The van der Waals surface area contributed by atoms with Crippen LogP contribution in [-0.2, 0) is 9.59 Å². The summed E-state index contributed by atoms with van der Waals surface area (Å²) in [6.45, 7) is 0. The molecule has 1 N–H and O–H groups in total. The van der Waals surface area contributed by atoms with Crippen molar-refractivity contribution in [2.75, 3.05) is 0 Å². The smallest absolute Gasteiger partial charge is 0.230 e. The van der Waals surface area contributed by atoms with Crippen molar-refractivity contribution in [2.24, 2.45) is 17.8 Å². The molecule has 0 bridgehead atoms. The van der Waals surface area contributed by atoms with Gasteiger partial charge in [-0.1, -0.05) is 0 Å². The fourth-order valence-corrected chi connectivity index (χ4v) is 2.23. The van der Waals surface area contributed by atoms with Gasteiger partial charge in [-0.15, -0.1) is 12.3 Å². The Morgan fingerprint density at radius 1 is 1.23 bits per heavy atom. The van der Waals surface area contributed by atoms with Crippen LogP contribution in [0.3, 0.4) is 0 Å². The molecule has 0 radical (unpaired) electrons. The third-order valence-electron chi connectivity index (χ3n) is 3.01. The minimum absolute atomic E-state index is 0.0999. The van der Waals surface area contributed by atoms with Crippen LogP contribution in [0.4, 0.5) is 0 Å². The first-order valence-electron chi connectivity index (χ1n) is 4.53. The number of carbonyl (C=O) groups excluding carboxylic acids is 2. The zero-order chi connectivity index (χ0) is 9.42. The van der Waals surface area contributed by atoms with Crippen molar-refractivity contribution in [3.05, 3.63) is 0 Å². The molecule has 1 saturated carbocycles. The number of hydrogen-bond donors (Lipinski definition) is 1. The Balaban J connectivity index is 2.16. The van der Waals surface area contributed by atoms with Gasteiger partial charge in [-0.05, 0) is 19.3 Å². The van der Waals surface area contributed by atoms with Crippen LogP contribution < -0.4 is 5.32 Å². The molecular formula is C10H11NO2. The first kappa shape index (κ1) is 8.31. The number of terminal acetylenes is 1. The standard InChI is InChI=1S/C10H11NO2/c1-2-6-3-4-7-8(5-6)10(13)11-9(7)12/h1,6-8H,3-5H2,(H,11,12,13). The highest BCUT2D eigenvalue weighted by Gasteiger charge is 2.44. The number of fused-ring (bicyclic) bond motifs is 1. The Labute approximate surface area is 76.9 Å². The second kappa shape index (κ2) is 2.88. The fraction of sp³-hybridized carbons (Fsp3) is 0.600. The van der Waals surface area contributed by atoms with Gasteiger partial charge >= 0.3 is 0 Å². The van der Waals surface area contributed by atoms with Crippen LogP contribution in [0.25, 0.3) is 0 Å². The summed E-state index contributed by atoms with van der Waals surface area (Å²) < 4.78 is 0. The van der Waals surface area contributed by atoms with Crippen LogP contribution in [0, 0.1) is 30.1 Å². The second-order valence-electron chi connectivity index (χ2n) is 3.74. The minimum atomic E-state index is -0.151. The molecule has 13 heavy (non-hydrogen) atoms. The van der Waals surface area contributed by atoms with Crippen LogP contribution >= 0.6 is 0 Å². The lowest BCUT2D eigenvalue weighted by molar-refractivity contribution is -0.126. The summed E-state index contributed by atoms with van der Waals surface area (Å²) in [7, 11) is 0. The Hall–Kier alpha value is -1.30. The highest BCUT2D eigenvalue weighted by molar-refractivity contribution is 6.05. The molecule has 0 aromatic carbocycles. The summed E-state index contributed by atoms with van der Waals surface area (Å²) >= 11 is 0. The van der Waals surface area contributed by atoms with E-state index in [-0.39, 0.29) is 29.6 Å². The number of amides is 2. The van der Waals surface area contributed by atoms with E-state index in [0.717, 1.165) is 12.8 Å². The van der Waals surface area contributed by atoms with Crippen molar-refractivity contribution in [3.8, 4) is 12.3 Å². The predicted octanol–water partition coefficient (Wildman–Crippen LogP) is 0.309. The van der Waals surface area contributed by atoms with Gasteiger partial charge in [-0.3, -0.25) is 14.9 Å². The van der Waals surface area contributed by atoms with Crippen molar-refractivity contribution >= 4 is 11.8 Å². The Kier molecular flexibility index (Phi) is 1.84.